The zero-order chi connectivity index (χ0) is 24.1. The van der Waals surface area contributed by atoms with E-state index in [1.54, 1.807) is 26.1 Å². The van der Waals surface area contributed by atoms with Crippen LogP contribution in [0.25, 0.3) is 0 Å². The maximum Gasteiger partial charge on any atom is 0.338 e. The zero-order valence-electron chi connectivity index (χ0n) is 19.7. The van der Waals surface area contributed by atoms with Crippen molar-refractivity contribution in [2.45, 2.75) is 19.5 Å². The molecule has 1 N–H and O–H groups in total. The van der Waals surface area contributed by atoms with E-state index in [0.717, 1.165) is 32.7 Å². The predicted octanol–water partition coefficient (Wildman–Crippen LogP) is 3.16. The molecule has 0 spiro atoms. The van der Waals surface area contributed by atoms with Gasteiger partial charge in [-0.05, 0) is 30.2 Å². The van der Waals surface area contributed by atoms with E-state index in [1.165, 1.54) is 22.6 Å². The highest BCUT2D eigenvalue weighted by atomic mass is 19.1. The van der Waals surface area contributed by atoms with Gasteiger partial charge in [-0.2, -0.15) is 0 Å². The number of nitrogens with zero attached hydrogens (tertiary/aromatic N) is 3. The number of carbonyl (C=O) groups excluding carboxylic acids is 2. The Hall–Kier alpha value is -3.23. The fraction of sp³-hybridized carbons (Fsp3) is 0.385. The van der Waals surface area contributed by atoms with Crippen molar-refractivity contribution >= 4 is 12.0 Å². The summed E-state index contributed by atoms with van der Waals surface area (Å²) in [5.74, 6) is -0.848. The zero-order valence-corrected chi connectivity index (χ0v) is 19.7. The van der Waals surface area contributed by atoms with Crippen LogP contribution in [0.1, 0.15) is 24.1 Å². The molecule has 7 nitrogen and oxygen atoms in total. The first kappa shape index (κ1) is 23.9. The van der Waals surface area contributed by atoms with Gasteiger partial charge < -0.3 is 10.1 Å². The molecule has 1 fully saturated rings. The molecule has 2 aliphatic heterocycles. The first-order valence-electron chi connectivity index (χ1n) is 11.6. The van der Waals surface area contributed by atoms with Gasteiger partial charge in [-0.25, -0.2) is 14.0 Å². The average molecular weight is 467 g/mol. The number of ether oxygens (including phenoxy) is 1. The van der Waals surface area contributed by atoms with Gasteiger partial charge in [-0.15, -0.1) is 0 Å². The van der Waals surface area contributed by atoms with Crippen molar-refractivity contribution in [3.63, 3.8) is 0 Å². The van der Waals surface area contributed by atoms with Crippen LogP contribution in [0.4, 0.5) is 9.18 Å². The molecular weight excluding hydrogens is 435 g/mol. The van der Waals surface area contributed by atoms with E-state index in [-0.39, 0.29) is 18.5 Å². The number of benzene rings is 2. The van der Waals surface area contributed by atoms with Gasteiger partial charge in [-0.1, -0.05) is 42.5 Å². The number of urea groups is 1. The summed E-state index contributed by atoms with van der Waals surface area (Å²) in [5, 5.41) is 2.87. The molecule has 2 amide bonds. The standard InChI is InChI=1S/C26H31FN4O3/c1-3-34-25(32)23-22(29(2)26(33)28-24(23)20-9-11-21(27)12-10-20)18-31-15-13-30(14-16-31)17-19-7-5-4-6-8-19/h4-12,24H,3,13-18H2,1-2H3,(H,28,33)/t24-/m1/s1. The first-order chi connectivity index (χ1) is 16.5. The summed E-state index contributed by atoms with van der Waals surface area (Å²) in [6.07, 6.45) is 0. The lowest BCUT2D eigenvalue weighted by Crippen LogP contribution is -2.52. The molecule has 4 rings (SSSR count). The van der Waals surface area contributed by atoms with Gasteiger partial charge in [0.2, 0.25) is 0 Å². The Labute approximate surface area is 199 Å². The van der Waals surface area contributed by atoms with Crippen LogP contribution in [0, 0.1) is 5.82 Å². The van der Waals surface area contributed by atoms with E-state index in [9.17, 15) is 14.0 Å². The third-order valence-corrected chi connectivity index (χ3v) is 6.36. The molecule has 0 unspecified atom stereocenters. The molecule has 2 heterocycles. The highest BCUT2D eigenvalue weighted by Gasteiger charge is 2.37. The van der Waals surface area contributed by atoms with Crippen LogP contribution < -0.4 is 5.32 Å². The van der Waals surface area contributed by atoms with Crippen LogP contribution in [0.5, 0.6) is 0 Å². The van der Waals surface area contributed by atoms with E-state index in [2.05, 4.69) is 39.4 Å². The molecule has 8 heteroatoms. The number of carbonyl (C=O) groups is 2. The second-order valence-electron chi connectivity index (χ2n) is 8.61. The lowest BCUT2D eigenvalue weighted by atomic mass is 9.94. The number of hydrogen-bond acceptors (Lipinski definition) is 5. The number of hydrogen-bond donors (Lipinski definition) is 1. The summed E-state index contributed by atoms with van der Waals surface area (Å²) in [6, 6.07) is 15.2. The average Bonchev–Trinajstić information content (AvgIpc) is 2.84. The molecule has 1 atom stereocenters. The molecular formula is C26H31FN4O3. The van der Waals surface area contributed by atoms with Crippen molar-refractivity contribution in [1.29, 1.82) is 0 Å². The van der Waals surface area contributed by atoms with Gasteiger partial charge in [-0.3, -0.25) is 14.7 Å². The summed E-state index contributed by atoms with van der Waals surface area (Å²) in [6.45, 7) is 6.77. The normalized spacial score (nSPS) is 19.8. The van der Waals surface area contributed by atoms with Crippen LogP contribution in [0.15, 0.2) is 65.9 Å². The highest BCUT2D eigenvalue weighted by molar-refractivity contribution is 5.95. The van der Waals surface area contributed by atoms with Crippen molar-refractivity contribution < 1.29 is 18.7 Å². The summed E-state index contributed by atoms with van der Waals surface area (Å²) >= 11 is 0. The summed E-state index contributed by atoms with van der Waals surface area (Å²) in [5.41, 5.74) is 2.93. The fourth-order valence-electron chi connectivity index (χ4n) is 4.46. The first-order valence-corrected chi connectivity index (χ1v) is 11.6. The monoisotopic (exact) mass is 466 g/mol. The van der Waals surface area contributed by atoms with Crippen LogP contribution in [-0.4, -0.2) is 73.1 Å². The maximum absolute atomic E-state index is 13.5. The molecule has 1 saturated heterocycles. The molecule has 0 radical (unpaired) electrons. The Morgan fingerprint density at radius 3 is 2.24 bits per heavy atom. The minimum Gasteiger partial charge on any atom is -0.463 e. The Kier molecular flexibility index (Phi) is 7.59. The number of nitrogens with one attached hydrogen (secondary N) is 1. The third kappa shape index (κ3) is 5.46. The fourth-order valence-corrected chi connectivity index (χ4v) is 4.46. The molecule has 180 valence electrons. The van der Waals surface area contributed by atoms with E-state index >= 15 is 0 Å². The van der Waals surface area contributed by atoms with E-state index in [0.29, 0.717) is 23.4 Å². The van der Waals surface area contributed by atoms with Gasteiger partial charge in [0.25, 0.3) is 0 Å². The SMILES string of the molecule is CCOC(=O)C1=C(CN2CCN(Cc3ccccc3)CC2)N(C)C(=O)N[C@@H]1c1ccc(F)cc1. The molecule has 0 aliphatic carbocycles. The molecule has 2 aliphatic rings. The van der Waals surface area contributed by atoms with E-state index < -0.39 is 12.0 Å². The van der Waals surface area contributed by atoms with Crippen LogP contribution in [0.2, 0.25) is 0 Å². The number of halogens is 1. The predicted molar refractivity (Wildman–Crippen MR) is 127 cm³/mol. The Morgan fingerprint density at radius 2 is 1.62 bits per heavy atom. The molecule has 0 bridgehead atoms. The Bertz CT molecular complexity index is 1030. The second-order valence-corrected chi connectivity index (χ2v) is 8.61. The van der Waals surface area contributed by atoms with Crippen LogP contribution >= 0.6 is 0 Å². The van der Waals surface area contributed by atoms with Crippen molar-refractivity contribution in [3.05, 3.63) is 82.8 Å². The largest absolute Gasteiger partial charge is 0.463 e. The van der Waals surface area contributed by atoms with Crippen molar-refractivity contribution in [3.8, 4) is 0 Å². The van der Waals surface area contributed by atoms with Crippen LogP contribution in [-0.2, 0) is 16.1 Å². The number of esters is 1. The third-order valence-electron chi connectivity index (χ3n) is 6.36. The minimum absolute atomic E-state index is 0.224. The van der Waals surface area contributed by atoms with Gasteiger partial charge in [0.05, 0.1) is 18.2 Å². The van der Waals surface area contributed by atoms with Crippen molar-refractivity contribution in [2.75, 3.05) is 46.4 Å². The maximum atomic E-state index is 13.5. The van der Waals surface area contributed by atoms with Crippen LogP contribution in [0.3, 0.4) is 0 Å². The van der Waals surface area contributed by atoms with Crippen molar-refractivity contribution in [2.24, 2.45) is 0 Å². The summed E-state index contributed by atoms with van der Waals surface area (Å²) < 4.78 is 18.9. The quantitative estimate of drug-likeness (QED) is 0.635. The van der Waals surface area contributed by atoms with E-state index in [1.807, 2.05) is 6.07 Å². The minimum atomic E-state index is -0.697. The number of rotatable bonds is 7. The van der Waals surface area contributed by atoms with Gasteiger partial charge >= 0.3 is 12.0 Å². The Balaban J connectivity index is 1.55. The molecule has 2 aromatic rings. The number of piperazine rings is 1. The van der Waals surface area contributed by atoms with Gasteiger partial charge in [0.15, 0.2) is 0 Å². The number of amides is 2. The topological polar surface area (TPSA) is 65.1 Å². The smallest absolute Gasteiger partial charge is 0.338 e. The number of likely N-dealkylation sites (N-methyl/N-ethyl adjacent to an activating group) is 1. The molecule has 0 aromatic heterocycles. The van der Waals surface area contributed by atoms with Crippen molar-refractivity contribution in [1.82, 2.24) is 20.0 Å². The second kappa shape index (κ2) is 10.8. The molecule has 0 saturated carbocycles. The molecule has 2 aromatic carbocycles. The Morgan fingerprint density at radius 1 is 1.00 bits per heavy atom. The summed E-state index contributed by atoms with van der Waals surface area (Å²) in [4.78, 5) is 32.0. The summed E-state index contributed by atoms with van der Waals surface area (Å²) in [7, 11) is 1.66. The van der Waals surface area contributed by atoms with Gasteiger partial charge in [0.1, 0.15) is 5.82 Å². The lowest BCUT2D eigenvalue weighted by Gasteiger charge is -2.39. The highest BCUT2D eigenvalue weighted by Crippen LogP contribution is 2.31. The van der Waals surface area contributed by atoms with E-state index in [4.69, 9.17) is 4.74 Å². The molecule has 34 heavy (non-hydrogen) atoms. The lowest BCUT2D eigenvalue weighted by molar-refractivity contribution is -0.139. The van der Waals surface area contributed by atoms with Gasteiger partial charge in [0, 0.05) is 52.0 Å².